The van der Waals surface area contributed by atoms with Crippen LogP contribution in [0.5, 0.6) is 0 Å². The van der Waals surface area contributed by atoms with E-state index in [1.807, 2.05) is 12.1 Å². The van der Waals surface area contributed by atoms with Crippen LogP contribution in [-0.4, -0.2) is 55.1 Å². The highest BCUT2D eigenvalue weighted by Gasteiger charge is 2.30. The number of alkyl halides is 1. The quantitative estimate of drug-likeness (QED) is 0.294. The average molecular weight is 532 g/mol. The van der Waals surface area contributed by atoms with E-state index in [2.05, 4.69) is 79.8 Å². The lowest BCUT2D eigenvalue weighted by Crippen LogP contribution is -2.53. The summed E-state index contributed by atoms with van der Waals surface area (Å²) >= 11 is 8.97. The van der Waals surface area contributed by atoms with Crippen LogP contribution >= 0.6 is 46.6 Å². The lowest BCUT2D eigenvalue weighted by molar-refractivity contribution is 0.101. The fourth-order valence-electron chi connectivity index (χ4n) is 4.34. The Labute approximate surface area is 193 Å². The van der Waals surface area contributed by atoms with Gasteiger partial charge in [-0.25, -0.2) is 0 Å². The normalized spacial score (nSPS) is 20.6. The molecule has 152 valence electrons. The molecular weight excluding hydrogens is 504 g/mol. The van der Waals surface area contributed by atoms with Crippen molar-refractivity contribution in [3.8, 4) is 0 Å². The van der Waals surface area contributed by atoms with Crippen LogP contribution in [0.15, 0.2) is 54.6 Å². The first kappa shape index (κ1) is 22.2. The second kappa shape index (κ2) is 10.5. The van der Waals surface area contributed by atoms with Crippen LogP contribution in [0.3, 0.4) is 0 Å². The minimum Gasteiger partial charge on any atom is -0.368 e. The van der Waals surface area contributed by atoms with Gasteiger partial charge in [0.15, 0.2) is 0 Å². The summed E-state index contributed by atoms with van der Waals surface area (Å²) in [6.07, 6.45) is 2.55. The molecule has 2 saturated heterocycles. The number of hydrogen-bond donors (Lipinski definition) is 0. The number of likely N-dealkylation sites (tertiary alicyclic amines) is 1. The Morgan fingerprint density at radius 1 is 0.821 bits per heavy atom. The van der Waals surface area contributed by atoms with Crippen LogP contribution < -0.4 is 4.90 Å². The Morgan fingerprint density at radius 3 is 2.07 bits per heavy atom. The van der Waals surface area contributed by atoms with Crippen molar-refractivity contribution in [2.75, 3.05) is 44.2 Å². The zero-order chi connectivity index (χ0) is 18.6. The third-order valence-electron chi connectivity index (χ3n) is 5.92. The Morgan fingerprint density at radius 2 is 1.43 bits per heavy atom. The lowest BCUT2D eigenvalue weighted by Gasteiger charge is -2.44. The molecule has 2 heterocycles. The molecule has 1 unspecified atom stereocenters. The van der Waals surface area contributed by atoms with Crippen molar-refractivity contribution in [1.29, 1.82) is 0 Å². The maximum atomic E-state index is 6.38. The van der Waals surface area contributed by atoms with Crippen LogP contribution in [0.1, 0.15) is 22.5 Å². The number of para-hydroxylation sites is 1. The number of rotatable bonds is 4. The highest BCUT2D eigenvalue weighted by atomic mass is 127. The molecule has 0 N–H and O–H groups in total. The molecule has 2 aliphatic rings. The summed E-state index contributed by atoms with van der Waals surface area (Å²) in [5, 5.41) is 0.869. The molecule has 2 aliphatic heterocycles. The maximum Gasteiger partial charge on any atom is 0.0874 e. The van der Waals surface area contributed by atoms with E-state index in [4.69, 9.17) is 11.6 Å². The smallest absolute Gasteiger partial charge is 0.0874 e. The van der Waals surface area contributed by atoms with Crippen LogP contribution in [0.4, 0.5) is 5.69 Å². The highest BCUT2D eigenvalue weighted by molar-refractivity contribution is 14.1. The summed E-state index contributed by atoms with van der Waals surface area (Å²) in [5.74, 6) is 0. The van der Waals surface area contributed by atoms with Gasteiger partial charge in [-0.2, -0.15) is 0 Å². The van der Waals surface area contributed by atoms with E-state index in [-0.39, 0.29) is 12.4 Å². The van der Waals surface area contributed by atoms with E-state index >= 15 is 0 Å². The van der Waals surface area contributed by atoms with Gasteiger partial charge in [-0.1, -0.05) is 76.7 Å². The lowest BCUT2D eigenvalue weighted by atomic mass is 10.0. The van der Waals surface area contributed by atoms with Crippen molar-refractivity contribution < 1.29 is 0 Å². The van der Waals surface area contributed by atoms with Crippen molar-refractivity contribution >= 4 is 52.3 Å². The maximum absolute atomic E-state index is 6.38. The monoisotopic (exact) mass is 531 g/mol. The molecule has 0 bridgehead atoms. The van der Waals surface area contributed by atoms with Gasteiger partial charge in [0.05, 0.1) is 14.8 Å². The van der Waals surface area contributed by atoms with Gasteiger partial charge in [0, 0.05) is 45.3 Å². The summed E-state index contributed by atoms with van der Waals surface area (Å²) in [5.41, 5.74) is 2.61. The zero-order valence-electron chi connectivity index (χ0n) is 16.0. The van der Waals surface area contributed by atoms with Crippen LogP contribution in [0.25, 0.3) is 0 Å². The standard InChI is InChI=1S/C22H27ClIN3.ClH/c23-20-8-4-5-9-21(20)26-16-14-25(15-17-26)19-10-12-27(13-11-19)22(24)18-6-2-1-3-7-18;/h1-9,19,22H,10-17H2;1H. The van der Waals surface area contributed by atoms with Crippen LogP contribution in [-0.2, 0) is 0 Å². The molecule has 2 aromatic rings. The predicted octanol–water partition coefficient (Wildman–Crippen LogP) is 5.48. The predicted molar refractivity (Wildman–Crippen MR) is 130 cm³/mol. The van der Waals surface area contributed by atoms with Gasteiger partial charge in [0.25, 0.3) is 0 Å². The molecule has 0 aliphatic carbocycles. The minimum atomic E-state index is 0. The molecule has 0 aromatic heterocycles. The summed E-state index contributed by atoms with van der Waals surface area (Å²) in [7, 11) is 0. The van der Waals surface area contributed by atoms with Gasteiger partial charge >= 0.3 is 0 Å². The van der Waals surface area contributed by atoms with Crippen LogP contribution in [0.2, 0.25) is 5.02 Å². The number of piperazine rings is 1. The van der Waals surface area contributed by atoms with Gasteiger partial charge in [-0.05, 0) is 30.5 Å². The Bertz CT molecular complexity index is 730. The zero-order valence-corrected chi connectivity index (χ0v) is 19.7. The summed E-state index contributed by atoms with van der Waals surface area (Å²) < 4.78 is 0.488. The minimum absolute atomic E-state index is 0. The van der Waals surface area contributed by atoms with Crippen molar-refractivity contribution in [2.24, 2.45) is 0 Å². The number of nitrogens with zero attached hydrogens (tertiary/aromatic N) is 3. The fraction of sp³-hybridized carbons (Fsp3) is 0.455. The van der Waals surface area contributed by atoms with E-state index in [1.54, 1.807) is 0 Å². The first-order valence-electron chi connectivity index (χ1n) is 9.89. The van der Waals surface area contributed by atoms with E-state index < -0.39 is 0 Å². The number of piperidine rings is 1. The second-order valence-corrected chi connectivity index (χ2v) is 9.08. The van der Waals surface area contributed by atoms with E-state index in [1.165, 1.54) is 37.2 Å². The molecule has 28 heavy (non-hydrogen) atoms. The van der Waals surface area contributed by atoms with Gasteiger partial charge < -0.3 is 4.90 Å². The van der Waals surface area contributed by atoms with Crippen LogP contribution in [0, 0.1) is 0 Å². The highest BCUT2D eigenvalue weighted by Crippen LogP contribution is 2.32. The SMILES string of the molecule is Cl.Clc1ccccc1N1CCN(C2CCN(C(I)c3ccccc3)CC2)CC1. The van der Waals surface area contributed by atoms with Gasteiger partial charge in [0.2, 0.25) is 0 Å². The number of anilines is 1. The van der Waals surface area contributed by atoms with Crippen molar-refractivity contribution in [1.82, 2.24) is 9.80 Å². The van der Waals surface area contributed by atoms with Crippen molar-refractivity contribution in [3.63, 3.8) is 0 Å². The Balaban J connectivity index is 0.00000225. The molecule has 0 spiro atoms. The van der Waals surface area contributed by atoms with E-state index in [0.717, 1.165) is 37.2 Å². The van der Waals surface area contributed by atoms with E-state index in [0.29, 0.717) is 4.05 Å². The molecule has 6 heteroatoms. The van der Waals surface area contributed by atoms with Crippen molar-refractivity contribution in [2.45, 2.75) is 22.9 Å². The molecule has 4 rings (SSSR count). The molecular formula is C22H28Cl2IN3. The molecule has 1 atom stereocenters. The molecule has 0 saturated carbocycles. The molecule has 3 nitrogen and oxygen atoms in total. The van der Waals surface area contributed by atoms with Gasteiger partial charge in [-0.3, -0.25) is 9.80 Å². The molecule has 2 aromatic carbocycles. The fourth-order valence-corrected chi connectivity index (χ4v) is 5.56. The largest absolute Gasteiger partial charge is 0.368 e. The number of benzene rings is 2. The molecule has 2 fully saturated rings. The van der Waals surface area contributed by atoms with Gasteiger partial charge in [0.1, 0.15) is 0 Å². The first-order valence-corrected chi connectivity index (χ1v) is 11.5. The molecule has 0 radical (unpaired) electrons. The summed E-state index contributed by atoms with van der Waals surface area (Å²) in [6, 6.07) is 19.8. The Kier molecular flexibility index (Phi) is 8.30. The third kappa shape index (κ3) is 5.14. The van der Waals surface area contributed by atoms with Gasteiger partial charge in [-0.15, -0.1) is 12.4 Å². The number of halogens is 3. The topological polar surface area (TPSA) is 9.72 Å². The Hall–Kier alpha value is -0.530. The number of hydrogen-bond acceptors (Lipinski definition) is 3. The second-order valence-electron chi connectivity index (χ2n) is 7.49. The molecule has 0 amide bonds. The van der Waals surface area contributed by atoms with Crippen molar-refractivity contribution in [3.05, 3.63) is 65.2 Å². The summed E-state index contributed by atoms with van der Waals surface area (Å²) in [4.78, 5) is 7.77. The average Bonchev–Trinajstić information content (AvgIpc) is 2.74. The first-order chi connectivity index (χ1) is 13.2. The van der Waals surface area contributed by atoms with E-state index in [9.17, 15) is 0 Å². The summed E-state index contributed by atoms with van der Waals surface area (Å²) in [6.45, 7) is 6.81. The third-order valence-corrected chi connectivity index (χ3v) is 7.74.